The fourth-order valence-electron chi connectivity index (χ4n) is 2.30. The maximum Gasteiger partial charge on any atom is 0.338 e. The van der Waals surface area contributed by atoms with Crippen molar-refractivity contribution in [3.63, 3.8) is 0 Å². The van der Waals surface area contributed by atoms with E-state index < -0.39 is 16.0 Å². The van der Waals surface area contributed by atoms with Gasteiger partial charge in [-0.2, -0.15) is 0 Å². The average molecular weight is 376 g/mol. The van der Waals surface area contributed by atoms with Crippen molar-refractivity contribution in [1.29, 1.82) is 0 Å². The molecule has 138 valence electrons. The van der Waals surface area contributed by atoms with E-state index in [0.717, 1.165) is 6.26 Å². The number of anilines is 2. The van der Waals surface area contributed by atoms with Crippen molar-refractivity contribution in [2.75, 3.05) is 22.9 Å². The second-order valence-corrected chi connectivity index (χ2v) is 7.35. The first-order valence-corrected chi connectivity index (χ1v) is 9.76. The van der Waals surface area contributed by atoms with E-state index >= 15 is 0 Å². The Hall–Kier alpha value is -2.87. The summed E-state index contributed by atoms with van der Waals surface area (Å²) in [7, 11) is -3.38. The van der Waals surface area contributed by atoms with Crippen LogP contribution in [0, 0.1) is 6.92 Å². The lowest BCUT2D eigenvalue weighted by Gasteiger charge is -2.12. The summed E-state index contributed by atoms with van der Waals surface area (Å²) in [6, 6.07) is 11.0. The van der Waals surface area contributed by atoms with Crippen molar-refractivity contribution in [1.82, 2.24) is 0 Å². The van der Waals surface area contributed by atoms with Crippen molar-refractivity contribution in [2.24, 2.45) is 0 Å². The molecule has 0 heterocycles. The number of benzene rings is 2. The van der Waals surface area contributed by atoms with E-state index in [1.54, 1.807) is 32.0 Å². The summed E-state index contributed by atoms with van der Waals surface area (Å²) in [6.07, 6.45) is 1.05. The number of sulfonamides is 1. The van der Waals surface area contributed by atoms with E-state index in [9.17, 15) is 18.0 Å². The monoisotopic (exact) mass is 376 g/mol. The Bertz CT molecular complexity index is 921. The van der Waals surface area contributed by atoms with E-state index in [2.05, 4.69) is 10.0 Å². The molecule has 7 nitrogen and oxygen atoms in total. The molecule has 0 fully saturated rings. The molecule has 2 aromatic rings. The van der Waals surface area contributed by atoms with Crippen molar-refractivity contribution >= 4 is 33.3 Å². The molecule has 2 aromatic carbocycles. The summed E-state index contributed by atoms with van der Waals surface area (Å²) in [5, 5.41) is 2.75. The third-order valence-electron chi connectivity index (χ3n) is 3.53. The number of hydrogen-bond donors (Lipinski definition) is 2. The highest BCUT2D eigenvalue weighted by Crippen LogP contribution is 2.21. The number of rotatable bonds is 6. The molecule has 0 saturated carbocycles. The molecule has 0 aliphatic heterocycles. The Kier molecular flexibility index (Phi) is 5.99. The van der Waals surface area contributed by atoms with Gasteiger partial charge in [0.2, 0.25) is 10.0 Å². The quantitative estimate of drug-likeness (QED) is 0.755. The zero-order valence-corrected chi connectivity index (χ0v) is 15.5. The van der Waals surface area contributed by atoms with E-state index in [1.807, 2.05) is 0 Å². The van der Waals surface area contributed by atoms with Crippen LogP contribution in [0.25, 0.3) is 0 Å². The molecule has 0 atom stereocenters. The Morgan fingerprint density at radius 3 is 2.31 bits per heavy atom. The van der Waals surface area contributed by atoms with E-state index in [0.29, 0.717) is 28.1 Å². The molecule has 0 unspecified atom stereocenters. The summed E-state index contributed by atoms with van der Waals surface area (Å²) in [5.41, 5.74) is 2.21. The van der Waals surface area contributed by atoms with Crippen LogP contribution < -0.4 is 10.0 Å². The number of carbonyl (C=O) groups excluding carboxylic acids is 2. The number of ether oxygens (including phenoxy) is 1. The second kappa shape index (κ2) is 8.01. The molecule has 0 spiro atoms. The molecule has 0 bridgehead atoms. The third kappa shape index (κ3) is 5.06. The number of esters is 1. The molecule has 8 heteroatoms. The lowest BCUT2D eigenvalue weighted by atomic mass is 10.1. The van der Waals surface area contributed by atoms with Crippen LogP contribution in [0.1, 0.15) is 33.2 Å². The molecular formula is C18H20N2O5S. The third-order valence-corrected chi connectivity index (χ3v) is 4.13. The van der Waals surface area contributed by atoms with Gasteiger partial charge in [-0.05, 0) is 55.8 Å². The van der Waals surface area contributed by atoms with Gasteiger partial charge in [0.25, 0.3) is 5.91 Å². The average Bonchev–Trinajstić information content (AvgIpc) is 2.56. The van der Waals surface area contributed by atoms with Crippen LogP contribution in [0.15, 0.2) is 42.5 Å². The van der Waals surface area contributed by atoms with Crippen molar-refractivity contribution in [2.45, 2.75) is 13.8 Å². The van der Waals surface area contributed by atoms with Gasteiger partial charge in [-0.3, -0.25) is 9.52 Å². The Labute approximate surface area is 152 Å². The first-order valence-electron chi connectivity index (χ1n) is 7.87. The van der Waals surface area contributed by atoms with Crippen LogP contribution in [0.5, 0.6) is 0 Å². The Balaban J connectivity index is 2.17. The molecule has 0 radical (unpaired) electrons. The largest absolute Gasteiger partial charge is 0.462 e. The molecule has 0 aliphatic carbocycles. The predicted molar refractivity (Wildman–Crippen MR) is 100.0 cm³/mol. The van der Waals surface area contributed by atoms with Gasteiger partial charge in [0.05, 0.1) is 18.4 Å². The van der Waals surface area contributed by atoms with Gasteiger partial charge < -0.3 is 10.1 Å². The maximum absolute atomic E-state index is 12.4. The highest BCUT2D eigenvalue weighted by Gasteiger charge is 2.15. The lowest BCUT2D eigenvalue weighted by molar-refractivity contribution is 0.0525. The highest BCUT2D eigenvalue weighted by atomic mass is 32.2. The van der Waals surface area contributed by atoms with Crippen molar-refractivity contribution < 1.29 is 22.7 Å². The second-order valence-electron chi connectivity index (χ2n) is 5.60. The van der Waals surface area contributed by atoms with E-state index in [1.165, 1.54) is 24.3 Å². The molecule has 1 amide bonds. The van der Waals surface area contributed by atoms with Crippen molar-refractivity contribution in [3.8, 4) is 0 Å². The first kappa shape index (κ1) is 19.5. The van der Waals surface area contributed by atoms with Gasteiger partial charge in [-0.15, -0.1) is 0 Å². The first-order chi connectivity index (χ1) is 12.2. The van der Waals surface area contributed by atoms with Crippen LogP contribution in [0.2, 0.25) is 0 Å². The highest BCUT2D eigenvalue weighted by molar-refractivity contribution is 7.92. The predicted octanol–water partition coefficient (Wildman–Crippen LogP) is 2.80. The summed E-state index contributed by atoms with van der Waals surface area (Å²) in [5.74, 6) is -0.822. The van der Waals surface area contributed by atoms with Gasteiger partial charge in [0, 0.05) is 16.9 Å². The maximum atomic E-state index is 12.4. The molecule has 26 heavy (non-hydrogen) atoms. The van der Waals surface area contributed by atoms with Crippen LogP contribution >= 0.6 is 0 Å². The Morgan fingerprint density at radius 1 is 1.08 bits per heavy atom. The molecule has 2 N–H and O–H groups in total. The molecular weight excluding hydrogens is 356 g/mol. The number of nitrogens with one attached hydrogen (secondary N) is 2. The number of amides is 1. The van der Waals surface area contributed by atoms with E-state index in [-0.39, 0.29) is 12.5 Å². The number of hydrogen-bond acceptors (Lipinski definition) is 5. The van der Waals surface area contributed by atoms with Crippen LogP contribution in [-0.4, -0.2) is 33.2 Å². The summed E-state index contributed by atoms with van der Waals surface area (Å²) >= 11 is 0. The summed E-state index contributed by atoms with van der Waals surface area (Å²) < 4.78 is 29.7. The van der Waals surface area contributed by atoms with Crippen LogP contribution in [0.3, 0.4) is 0 Å². The topological polar surface area (TPSA) is 102 Å². The molecule has 0 aromatic heterocycles. The van der Waals surface area contributed by atoms with E-state index in [4.69, 9.17) is 4.74 Å². The zero-order chi connectivity index (χ0) is 19.3. The summed E-state index contributed by atoms with van der Waals surface area (Å²) in [6.45, 7) is 3.71. The smallest absolute Gasteiger partial charge is 0.338 e. The standard InChI is InChI=1S/C18H20N2O5S/c1-4-25-18(22)15-6-5-7-16(12(15)2)19-17(21)13-8-10-14(11-9-13)20-26(3,23)24/h5-11,20H,4H2,1-3H3,(H,19,21). The minimum atomic E-state index is -3.38. The van der Waals surface area contributed by atoms with Gasteiger partial charge in [0.15, 0.2) is 0 Å². The fourth-order valence-corrected chi connectivity index (χ4v) is 2.86. The number of carbonyl (C=O) groups is 2. The lowest BCUT2D eigenvalue weighted by Crippen LogP contribution is -2.15. The minimum Gasteiger partial charge on any atom is -0.462 e. The normalized spacial score (nSPS) is 10.9. The van der Waals surface area contributed by atoms with Gasteiger partial charge >= 0.3 is 5.97 Å². The Morgan fingerprint density at radius 2 is 1.73 bits per heavy atom. The minimum absolute atomic E-state index is 0.267. The molecule has 2 rings (SSSR count). The SMILES string of the molecule is CCOC(=O)c1cccc(NC(=O)c2ccc(NS(C)(=O)=O)cc2)c1C. The van der Waals surface area contributed by atoms with Crippen LogP contribution in [0.4, 0.5) is 11.4 Å². The molecule has 0 saturated heterocycles. The summed E-state index contributed by atoms with van der Waals surface area (Å²) in [4.78, 5) is 24.3. The fraction of sp³-hybridized carbons (Fsp3) is 0.222. The van der Waals surface area contributed by atoms with Gasteiger partial charge in [-0.25, -0.2) is 13.2 Å². The van der Waals surface area contributed by atoms with Gasteiger partial charge in [-0.1, -0.05) is 6.07 Å². The zero-order valence-electron chi connectivity index (χ0n) is 14.7. The van der Waals surface area contributed by atoms with Crippen LogP contribution in [-0.2, 0) is 14.8 Å². The van der Waals surface area contributed by atoms with Crippen molar-refractivity contribution in [3.05, 3.63) is 59.2 Å². The molecule has 0 aliphatic rings. The van der Waals surface area contributed by atoms with Gasteiger partial charge in [0.1, 0.15) is 0 Å².